The highest BCUT2D eigenvalue weighted by molar-refractivity contribution is 4.92. The summed E-state index contributed by atoms with van der Waals surface area (Å²) in [5.41, 5.74) is 6.70. The van der Waals surface area contributed by atoms with Crippen LogP contribution in [0.15, 0.2) is 0 Å². The Kier molecular flexibility index (Phi) is 5.25. The average Bonchev–Trinajstić information content (AvgIpc) is 2.26. The Morgan fingerprint density at radius 1 is 1.11 bits per heavy atom. The maximum absolute atomic E-state index is 6.38. The summed E-state index contributed by atoms with van der Waals surface area (Å²) in [6, 6.07) is 1.48. The molecule has 4 atom stereocenters. The zero-order valence-electron chi connectivity index (χ0n) is 13.5. The fourth-order valence-electron chi connectivity index (χ4n) is 3.17. The molecule has 0 radical (unpaired) electrons. The van der Waals surface area contributed by atoms with E-state index >= 15 is 0 Å². The third-order valence-electron chi connectivity index (χ3n) is 5.24. The summed E-state index contributed by atoms with van der Waals surface area (Å²) in [6.07, 6.45) is 3.78. The van der Waals surface area contributed by atoms with Gasteiger partial charge in [-0.25, -0.2) is 0 Å². The number of nitrogens with zero attached hydrogens (tertiary/aromatic N) is 1. The quantitative estimate of drug-likeness (QED) is 0.835. The van der Waals surface area contributed by atoms with Crippen molar-refractivity contribution < 1.29 is 0 Å². The second-order valence-electron chi connectivity index (χ2n) is 7.76. The average molecular weight is 254 g/mol. The van der Waals surface area contributed by atoms with Crippen LogP contribution in [-0.2, 0) is 0 Å². The minimum Gasteiger partial charge on any atom is -0.326 e. The normalized spacial score (nSPS) is 32.0. The van der Waals surface area contributed by atoms with Crippen LogP contribution in [-0.4, -0.2) is 30.1 Å². The maximum atomic E-state index is 6.38. The Morgan fingerprint density at radius 2 is 1.67 bits per heavy atom. The highest BCUT2D eigenvalue weighted by atomic mass is 15.2. The third-order valence-corrected chi connectivity index (χ3v) is 5.24. The standard InChI is InChI=1S/C16H34N2/c1-11(2)13-8-9-14(17)15(10-13)18(7)12(3)16(4,5)6/h11-15H,8-10,17H2,1-7H3. The summed E-state index contributed by atoms with van der Waals surface area (Å²) in [5, 5.41) is 0. The molecule has 0 aromatic heterocycles. The molecule has 2 nitrogen and oxygen atoms in total. The van der Waals surface area contributed by atoms with Crippen LogP contribution in [0.25, 0.3) is 0 Å². The molecule has 0 aromatic rings. The van der Waals surface area contributed by atoms with Crippen molar-refractivity contribution in [2.45, 2.75) is 78.9 Å². The van der Waals surface area contributed by atoms with E-state index in [4.69, 9.17) is 5.73 Å². The van der Waals surface area contributed by atoms with Crippen molar-refractivity contribution in [3.8, 4) is 0 Å². The minimum absolute atomic E-state index is 0.319. The lowest BCUT2D eigenvalue weighted by atomic mass is 9.75. The molecule has 1 rings (SSSR count). The molecule has 18 heavy (non-hydrogen) atoms. The monoisotopic (exact) mass is 254 g/mol. The molecule has 0 heterocycles. The van der Waals surface area contributed by atoms with Crippen LogP contribution in [0, 0.1) is 17.3 Å². The third kappa shape index (κ3) is 3.71. The van der Waals surface area contributed by atoms with Gasteiger partial charge in [0.15, 0.2) is 0 Å². The Labute approximate surface area is 114 Å². The molecule has 0 bridgehead atoms. The molecular formula is C16H34N2. The summed E-state index contributed by atoms with van der Waals surface area (Å²) in [6.45, 7) is 14.0. The molecule has 108 valence electrons. The number of hydrogen-bond donors (Lipinski definition) is 1. The van der Waals surface area contributed by atoms with Crippen LogP contribution in [0.3, 0.4) is 0 Å². The van der Waals surface area contributed by atoms with Crippen LogP contribution in [0.2, 0.25) is 0 Å². The Bertz CT molecular complexity index is 254. The molecule has 1 aliphatic carbocycles. The summed E-state index contributed by atoms with van der Waals surface area (Å²) >= 11 is 0. The van der Waals surface area contributed by atoms with Crippen LogP contribution in [0.5, 0.6) is 0 Å². The fraction of sp³-hybridized carbons (Fsp3) is 1.00. The second kappa shape index (κ2) is 5.92. The molecule has 1 saturated carbocycles. The maximum Gasteiger partial charge on any atom is 0.0249 e. The van der Waals surface area contributed by atoms with Crippen LogP contribution < -0.4 is 5.73 Å². The van der Waals surface area contributed by atoms with Gasteiger partial charge in [0.05, 0.1) is 0 Å². The molecule has 4 unspecified atom stereocenters. The van der Waals surface area contributed by atoms with E-state index in [0.717, 1.165) is 11.8 Å². The summed E-state index contributed by atoms with van der Waals surface area (Å²) in [5.74, 6) is 1.64. The molecule has 2 heteroatoms. The molecular weight excluding hydrogens is 220 g/mol. The van der Waals surface area contributed by atoms with Gasteiger partial charge >= 0.3 is 0 Å². The van der Waals surface area contributed by atoms with E-state index in [1.54, 1.807) is 0 Å². The van der Waals surface area contributed by atoms with Crippen molar-refractivity contribution in [2.75, 3.05) is 7.05 Å². The Balaban J connectivity index is 2.73. The second-order valence-corrected chi connectivity index (χ2v) is 7.76. The van der Waals surface area contributed by atoms with E-state index in [9.17, 15) is 0 Å². The predicted octanol–water partition coefficient (Wildman–Crippen LogP) is 3.50. The molecule has 0 aromatic carbocycles. The van der Waals surface area contributed by atoms with Crippen LogP contribution in [0.4, 0.5) is 0 Å². The summed E-state index contributed by atoms with van der Waals surface area (Å²) in [7, 11) is 2.27. The fourth-order valence-corrected chi connectivity index (χ4v) is 3.17. The van der Waals surface area contributed by atoms with Crippen molar-refractivity contribution in [1.82, 2.24) is 4.90 Å². The summed E-state index contributed by atoms with van der Waals surface area (Å²) in [4.78, 5) is 2.54. The van der Waals surface area contributed by atoms with Gasteiger partial charge in [0, 0.05) is 18.1 Å². The van der Waals surface area contributed by atoms with Gasteiger partial charge < -0.3 is 5.73 Å². The Hall–Kier alpha value is -0.0800. The van der Waals surface area contributed by atoms with Crippen molar-refractivity contribution in [3.63, 3.8) is 0 Å². The van der Waals surface area contributed by atoms with Crippen molar-refractivity contribution >= 4 is 0 Å². The highest BCUT2D eigenvalue weighted by Gasteiger charge is 2.36. The van der Waals surface area contributed by atoms with Gasteiger partial charge in [-0.1, -0.05) is 34.6 Å². The van der Waals surface area contributed by atoms with Crippen molar-refractivity contribution in [3.05, 3.63) is 0 Å². The van der Waals surface area contributed by atoms with E-state index in [1.165, 1.54) is 19.3 Å². The zero-order chi connectivity index (χ0) is 14.1. The van der Waals surface area contributed by atoms with Gasteiger partial charge in [-0.05, 0) is 50.5 Å². The van der Waals surface area contributed by atoms with E-state index in [-0.39, 0.29) is 0 Å². The highest BCUT2D eigenvalue weighted by Crippen LogP contribution is 2.34. The first kappa shape index (κ1) is 16.0. The minimum atomic E-state index is 0.319. The van der Waals surface area contributed by atoms with E-state index < -0.39 is 0 Å². The van der Waals surface area contributed by atoms with E-state index in [2.05, 4.69) is 53.5 Å². The van der Waals surface area contributed by atoms with Gasteiger partial charge in [0.25, 0.3) is 0 Å². The van der Waals surface area contributed by atoms with Gasteiger partial charge in [-0.3, -0.25) is 4.90 Å². The summed E-state index contributed by atoms with van der Waals surface area (Å²) < 4.78 is 0. The molecule has 2 N–H and O–H groups in total. The van der Waals surface area contributed by atoms with Crippen molar-refractivity contribution in [2.24, 2.45) is 23.0 Å². The van der Waals surface area contributed by atoms with Gasteiger partial charge in [0.2, 0.25) is 0 Å². The zero-order valence-corrected chi connectivity index (χ0v) is 13.5. The SMILES string of the molecule is CC(C)C1CCC(N)C(N(C)C(C)C(C)(C)C)C1. The predicted molar refractivity (Wildman–Crippen MR) is 80.6 cm³/mol. The van der Waals surface area contributed by atoms with E-state index in [1.807, 2.05) is 0 Å². The first-order chi connectivity index (χ1) is 8.14. The lowest BCUT2D eigenvalue weighted by molar-refractivity contribution is 0.0460. The van der Waals surface area contributed by atoms with Gasteiger partial charge in [0.1, 0.15) is 0 Å². The topological polar surface area (TPSA) is 29.3 Å². The Morgan fingerprint density at radius 3 is 2.11 bits per heavy atom. The molecule has 1 aliphatic rings. The molecule has 0 amide bonds. The lowest BCUT2D eigenvalue weighted by Crippen LogP contribution is -2.55. The number of nitrogens with two attached hydrogens (primary N) is 1. The number of likely N-dealkylation sites (N-methyl/N-ethyl adjacent to an activating group) is 1. The first-order valence-electron chi connectivity index (χ1n) is 7.62. The number of rotatable bonds is 3. The van der Waals surface area contributed by atoms with Gasteiger partial charge in [-0.15, -0.1) is 0 Å². The molecule has 0 saturated heterocycles. The largest absolute Gasteiger partial charge is 0.326 e. The lowest BCUT2D eigenvalue weighted by Gasteiger charge is -2.46. The smallest absolute Gasteiger partial charge is 0.0249 e. The van der Waals surface area contributed by atoms with Crippen LogP contribution >= 0.6 is 0 Å². The molecule has 0 spiro atoms. The van der Waals surface area contributed by atoms with Crippen molar-refractivity contribution in [1.29, 1.82) is 0 Å². The molecule has 1 fully saturated rings. The van der Waals surface area contributed by atoms with Crippen LogP contribution in [0.1, 0.15) is 60.8 Å². The first-order valence-corrected chi connectivity index (χ1v) is 7.62. The van der Waals surface area contributed by atoms with E-state index in [0.29, 0.717) is 23.5 Å². The number of hydrogen-bond acceptors (Lipinski definition) is 2. The molecule has 0 aliphatic heterocycles. The van der Waals surface area contributed by atoms with Gasteiger partial charge in [-0.2, -0.15) is 0 Å².